The van der Waals surface area contributed by atoms with Gasteiger partial charge < -0.3 is 11.5 Å². The Bertz CT molecular complexity index is 152. The first-order valence-corrected chi connectivity index (χ1v) is 3.14. The van der Waals surface area contributed by atoms with E-state index in [9.17, 15) is 4.79 Å². The molecule has 1 amide bonds. The SMILES string of the molecule is C=CC(C)C(C)(N)C(N)=O. The Morgan fingerprint density at radius 1 is 1.80 bits per heavy atom. The van der Waals surface area contributed by atoms with Crippen LogP contribution in [0.25, 0.3) is 0 Å². The number of carbonyl (C=O) groups is 1. The zero-order valence-electron chi connectivity index (χ0n) is 6.42. The molecule has 0 fully saturated rings. The van der Waals surface area contributed by atoms with Gasteiger partial charge in [-0.25, -0.2) is 0 Å². The summed E-state index contributed by atoms with van der Waals surface area (Å²) >= 11 is 0. The van der Waals surface area contributed by atoms with Crippen molar-refractivity contribution >= 4 is 5.91 Å². The van der Waals surface area contributed by atoms with Crippen molar-refractivity contribution in [2.45, 2.75) is 19.4 Å². The average Bonchev–Trinajstić information content (AvgIpc) is 1.86. The highest BCUT2D eigenvalue weighted by Crippen LogP contribution is 2.13. The topological polar surface area (TPSA) is 69.1 Å². The van der Waals surface area contributed by atoms with Crippen molar-refractivity contribution in [1.29, 1.82) is 0 Å². The minimum atomic E-state index is -0.970. The molecule has 2 unspecified atom stereocenters. The number of carbonyl (C=O) groups excluding carboxylic acids is 1. The highest BCUT2D eigenvalue weighted by atomic mass is 16.1. The van der Waals surface area contributed by atoms with Crippen molar-refractivity contribution in [3.8, 4) is 0 Å². The maximum atomic E-state index is 10.7. The van der Waals surface area contributed by atoms with Gasteiger partial charge in [0.25, 0.3) is 0 Å². The molecule has 0 aliphatic rings. The predicted molar refractivity (Wildman–Crippen MR) is 41.1 cm³/mol. The smallest absolute Gasteiger partial charge is 0.237 e. The largest absolute Gasteiger partial charge is 0.368 e. The zero-order chi connectivity index (χ0) is 8.36. The lowest BCUT2D eigenvalue weighted by Gasteiger charge is -2.25. The number of rotatable bonds is 3. The van der Waals surface area contributed by atoms with E-state index >= 15 is 0 Å². The summed E-state index contributed by atoms with van der Waals surface area (Å²) in [5, 5.41) is 0. The molecular formula is C7H14N2O. The fraction of sp³-hybridized carbons (Fsp3) is 0.571. The first kappa shape index (κ1) is 9.17. The molecule has 3 nitrogen and oxygen atoms in total. The third kappa shape index (κ3) is 1.57. The van der Waals surface area contributed by atoms with Crippen molar-refractivity contribution in [2.24, 2.45) is 17.4 Å². The molecule has 2 atom stereocenters. The van der Waals surface area contributed by atoms with Gasteiger partial charge in [0.15, 0.2) is 0 Å². The number of hydrogen-bond acceptors (Lipinski definition) is 2. The second kappa shape index (κ2) is 2.84. The van der Waals surface area contributed by atoms with Crippen LogP contribution in [-0.4, -0.2) is 11.4 Å². The molecule has 0 aromatic rings. The van der Waals surface area contributed by atoms with Gasteiger partial charge in [0.1, 0.15) is 0 Å². The van der Waals surface area contributed by atoms with Gasteiger partial charge in [-0.3, -0.25) is 4.79 Å². The Balaban J connectivity index is 4.38. The Morgan fingerprint density at radius 2 is 2.20 bits per heavy atom. The molecule has 0 aromatic carbocycles. The van der Waals surface area contributed by atoms with Gasteiger partial charge in [0.2, 0.25) is 5.91 Å². The van der Waals surface area contributed by atoms with Gasteiger partial charge in [-0.2, -0.15) is 0 Å². The summed E-state index contributed by atoms with van der Waals surface area (Å²) in [5.74, 6) is -0.593. The van der Waals surface area contributed by atoms with E-state index in [4.69, 9.17) is 11.5 Å². The average molecular weight is 142 g/mol. The third-order valence-corrected chi connectivity index (χ3v) is 1.83. The summed E-state index contributed by atoms with van der Waals surface area (Å²) in [6, 6.07) is 0. The molecule has 58 valence electrons. The van der Waals surface area contributed by atoms with Crippen LogP contribution in [0.15, 0.2) is 12.7 Å². The highest BCUT2D eigenvalue weighted by molar-refractivity contribution is 5.84. The number of primary amides is 1. The first-order chi connectivity index (χ1) is 4.42. The Morgan fingerprint density at radius 3 is 2.30 bits per heavy atom. The fourth-order valence-electron chi connectivity index (χ4n) is 0.469. The minimum absolute atomic E-state index is 0.0926. The van der Waals surface area contributed by atoms with Crippen LogP contribution >= 0.6 is 0 Å². The second-order valence-corrected chi connectivity index (χ2v) is 2.67. The van der Waals surface area contributed by atoms with Crippen molar-refractivity contribution in [3.05, 3.63) is 12.7 Å². The molecule has 0 bridgehead atoms. The summed E-state index contributed by atoms with van der Waals surface area (Å²) in [6.45, 7) is 6.92. The molecule has 0 saturated carbocycles. The predicted octanol–water partition coefficient (Wildman–Crippen LogP) is 0.0112. The van der Waals surface area contributed by atoms with Gasteiger partial charge in [-0.05, 0) is 6.92 Å². The number of hydrogen-bond donors (Lipinski definition) is 2. The molecule has 10 heavy (non-hydrogen) atoms. The van der Waals surface area contributed by atoms with Gasteiger partial charge >= 0.3 is 0 Å². The minimum Gasteiger partial charge on any atom is -0.368 e. The molecule has 0 spiro atoms. The lowest BCUT2D eigenvalue weighted by molar-refractivity contribution is -0.123. The lowest BCUT2D eigenvalue weighted by Crippen LogP contribution is -2.53. The summed E-state index contributed by atoms with van der Waals surface area (Å²) in [5.41, 5.74) is 9.63. The van der Waals surface area contributed by atoms with Gasteiger partial charge in [0, 0.05) is 5.92 Å². The van der Waals surface area contributed by atoms with Crippen molar-refractivity contribution in [1.82, 2.24) is 0 Å². The van der Waals surface area contributed by atoms with E-state index in [0.29, 0.717) is 0 Å². The fourth-order valence-corrected chi connectivity index (χ4v) is 0.469. The van der Waals surface area contributed by atoms with Crippen LogP contribution in [0.3, 0.4) is 0 Å². The van der Waals surface area contributed by atoms with E-state index < -0.39 is 11.4 Å². The normalized spacial score (nSPS) is 19.1. The summed E-state index contributed by atoms with van der Waals surface area (Å²) in [4.78, 5) is 10.7. The number of amides is 1. The van der Waals surface area contributed by atoms with E-state index in [1.54, 1.807) is 19.9 Å². The van der Waals surface area contributed by atoms with E-state index in [-0.39, 0.29) is 5.92 Å². The molecule has 3 heteroatoms. The van der Waals surface area contributed by atoms with Crippen LogP contribution in [-0.2, 0) is 4.79 Å². The van der Waals surface area contributed by atoms with Crippen molar-refractivity contribution in [2.75, 3.05) is 0 Å². The van der Waals surface area contributed by atoms with Crippen LogP contribution in [0.5, 0.6) is 0 Å². The zero-order valence-corrected chi connectivity index (χ0v) is 6.42. The summed E-state index contributed by atoms with van der Waals surface area (Å²) in [6.07, 6.45) is 1.62. The molecule has 0 rings (SSSR count). The Hall–Kier alpha value is -0.830. The summed E-state index contributed by atoms with van der Waals surface area (Å²) in [7, 11) is 0. The molecule has 0 saturated heterocycles. The standard InChI is InChI=1S/C7H14N2O/c1-4-5(2)7(3,9)6(8)10/h4-5H,1,9H2,2-3H3,(H2,8,10). The van der Waals surface area contributed by atoms with Crippen LogP contribution in [0.2, 0.25) is 0 Å². The Kier molecular flexibility index (Phi) is 2.60. The maximum Gasteiger partial charge on any atom is 0.237 e. The van der Waals surface area contributed by atoms with Crippen LogP contribution in [0.4, 0.5) is 0 Å². The third-order valence-electron chi connectivity index (χ3n) is 1.83. The molecular weight excluding hydrogens is 128 g/mol. The monoisotopic (exact) mass is 142 g/mol. The maximum absolute atomic E-state index is 10.7. The lowest BCUT2D eigenvalue weighted by atomic mass is 9.88. The van der Waals surface area contributed by atoms with Gasteiger partial charge in [-0.1, -0.05) is 13.0 Å². The van der Waals surface area contributed by atoms with Gasteiger partial charge in [-0.15, -0.1) is 6.58 Å². The van der Waals surface area contributed by atoms with Crippen molar-refractivity contribution < 1.29 is 4.79 Å². The second-order valence-electron chi connectivity index (χ2n) is 2.67. The van der Waals surface area contributed by atoms with Crippen molar-refractivity contribution in [3.63, 3.8) is 0 Å². The van der Waals surface area contributed by atoms with E-state index in [2.05, 4.69) is 6.58 Å². The molecule has 0 heterocycles. The molecule has 0 aromatic heterocycles. The quantitative estimate of drug-likeness (QED) is 0.545. The highest BCUT2D eigenvalue weighted by Gasteiger charge is 2.30. The van der Waals surface area contributed by atoms with Crippen LogP contribution < -0.4 is 11.5 Å². The molecule has 0 aliphatic heterocycles. The molecule has 4 N–H and O–H groups in total. The first-order valence-electron chi connectivity index (χ1n) is 3.14. The van der Waals surface area contributed by atoms with Gasteiger partial charge in [0.05, 0.1) is 5.54 Å². The Labute approximate surface area is 61.1 Å². The molecule has 0 aliphatic carbocycles. The summed E-state index contributed by atoms with van der Waals surface area (Å²) < 4.78 is 0. The molecule has 0 radical (unpaired) electrons. The van der Waals surface area contributed by atoms with E-state index in [1.165, 1.54) is 0 Å². The van der Waals surface area contributed by atoms with Crippen LogP contribution in [0.1, 0.15) is 13.8 Å². The number of nitrogens with two attached hydrogens (primary N) is 2. The van der Waals surface area contributed by atoms with E-state index in [1.807, 2.05) is 0 Å². The van der Waals surface area contributed by atoms with E-state index in [0.717, 1.165) is 0 Å². The van der Waals surface area contributed by atoms with Crippen LogP contribution in [0, 0.1) is 5.92 Å².